The van der Waals surface area contributed by atoms with Gasteiger partial charge in [0.25, 0.3) is 0 Å². The molecule has 0 N–H and O–H groups in total. The van der Waals surface area contributed by atoms with E-state index in [4.69, 9.17) is 18.9 Å². The SMILES string of the molecule is CC[S+](CC)CC1OCC(OC)C(OC)[C@@H]1OC. The summed E-state index contributed by atoms with van der Waals surface area (Å²) in [5, 5.41) is 0. The van der Waals surface area contributed by atoms with Gasteiger partial charge < -0.3 is 18.9 Å². The molecule has 1 aliphatic rings. The third-order valence-corrected chi connectivity index (χ3v) is 6.03. The number of rotatable bonds is 7. The summed E-state index contributed by atoms with van der Waals surface area (Å²) in [5.41, 5.74) is 0. The highest BCUT2D eigenvalue weighted by atomic mass is 32.2. The molecule has 1 fully saturated rings. The van der Waals surface area contributed by atoms with Crippen molar-refractivity contribution in [3.63, 3.8) is 0 Å². The van der Waals surface area contributed by atoms with Gasteiger partial charge in [-0.25, -0.2) is 0 Å². The second-order valence-corrected chi connectivity index (χ2v) is 7.12. The van der Waals surface area contributed by atoms with Gasteiger partial charge >= 0.3 is 0 Å². The third-order valence-electron chi connectivity index (χ3n) is 3.59. The van der Waals surface area contributed by atoms with E-state index in [1.54, 1.807) is 21.3 Å². The Morgan fingerprint density at radius 1 is 1.00 bits per heavy atom. The monoisotopic (exact) mass is 279 g/mol. The predicted octanol–water partition coefficient (Wildman–Crippen LogP) is 1.09. The van der Waals surface area contributed by atoms with Crippen LogP contribution in [0.4, 0.5) is 0 Å². The Bertz CT molecular complexity index is 223. The van der Waals surface area contributed by atoms with Gasteiger partial charge in [0.2, 0.25) is 0 Å². The molecule has 1 rings (SSSR count). The van der Waals surface area contributed by atoms with Gasteiger partial charge in [-0.1, -0.05) is 0 Å². The molecule has 1 heterocycles. The molecule has 0 saturated carbocycles. The van der Waals surface area contributed by atoms with Crippen molar-refractivity contribution >= 4 is 10.9 Å². The quantitative estimate of drug-likeness (QED) is 0.654. The standard InChI is InChI=1S/C13H27O4S/c1-6-18(7-2)9-11-13(16-5)12(15-4)10(14-3)8-17-11/h10-13H,6-9H2,1-5H3/q+1/t10?,11?,12?,13-/m1/s1. The Morgan fingerprint density at radius 2 is 1.61 bits per heavy atom. The fourth-order valence-electron chi connectivity index (χ4n) is 2.42. The minimum atomic E-state index is -0.0436. The summed E-state index contributed by atoms with van der Waals surface area (Å²) in [6.07, 6.45) is -0.00414. The maximum atomic E-state index is 5.93. The van der Waals surface area contributed by atoms with E-state index in [1.807, 2.05) is 0 Å². The fraction of sp³-hybridized carbons (Fsp3) is 1.00. The zero-order valence-electron chi connectivity index (χ0n) is 12.2. The molecular formula is C13H27O4S+. The number of methoxy groups -OCH3 is 3. The number of hydrogen-bond donors (Lipinski definition) is 0. The smallest absolute Gasteiger partial charge is 0.136 e. The normalized spacial score (nSPS) is 33.0. The van der Waals surface area contributed by atoms with Crippen molar-refractivity contribution in [3.8, 4) is 0 Å². The largest absolute Gasteiger partial charge is 0.376 e. The van der Waals surface area contributed by atoms with Crippen LogP contribution in [0, 0.1) is 0 Å². The molecule has 0 aromatic rings. The summed E-state index contributed by atoms with van der Waals surface area (Å²) in [7, 11) is 5.54. The Hall–Kier alpha value is 0.190. The van der Waals surface area contributed by atoms with E-state index in [9.17, 15) is 0 Å². The molecule has 1 aliphatic heterocycles. The molecule has 0 amide bonds. The summed E-state index contributed by atoms with van der Waals surface area (Å²) in [6, 6.07) is 0. The van der Waals surface area contributed by atoms with Gasteiger partial charge in [0.1, 0.15) is 41.7 Å². The Kier molecular flexibility index (Phi) is 7.56. The lowest BCUT2D eigenvalue weighted by Crippen LogP contribution is -2.57. The van der Waals surface area contributed by atoms with Gasteiger partial charge in [0.15, 0.2) is 0 Å². The highest BCUT2D eigenvalue weighted by Gasteiger charge is 2.43. The first kappa shape index (κ1) is 16.2. The molecular weight excluding hydrogens is 252 g/mol. The van der Waals surface area contributed by atoms with Crippen LogP contribution in [0.2, 0.25) is 0 Å². The molecule has 0 aromatic carbocycles. The van der Waals surface area contributed by atoms with Crippen LogP contribution in [-0.4, -0.2) is 69.6 Å². The summed E-state index contributed by atoms with van der Waals surface area (Å²) >= 11 is 0. The Morgan fingerprint density at radius 3 is 2.06 bits per heavy atom. The molecule has 0 radical (unpaired) electrons. The van der Waals surface area contributed by atoms with Crippen LogP contribution in [0.25, 0.3) is 0 Å². The summed E-state index contributed by atoms with van der Waals surface area (Å²) in [6.45, 7) is 5.07. The predicted molar refractivity (Wildman–Crippen MR) is 75.4 cm³/mol. The van der Waals surface area contributed by atoms with Gasteiger partial charge in [0, 0.05) is 21.3 Å². The summed E-state index contributed by atoms with van der Waals surface area (Å²) in [5.74, 6) is 3.47. The minimum absolute atomic E-state index is 0.0400. The van der Waals surface area contributed by atoms with E-state index in [0.717, 1.165) is 5.75 Å². The molecule has 0 bridgehead atoms. The van der Waals surface area contributed by atoms with Gasteiger partial charge in [-0.2, -0.15) is 0 Å². The first-order chi connectivity index (χ1) is 8.71. The fourth-order valence-corrected chi connectivity index (χ4v) is 4.05. The Balaban J connectivity index is 2.68. The lowest BCUT2D eigenvalue weighted by Gasteiger charge is -2.39. The molecule has 0 aliphatic carbocycles. The van der Waals surface area contributed by atoms with Gasteiger partial charge in [-0.15, -0.1) is 0 Å². The first-order valence-electron chi connectivity index (χ1n) is 6.55. The molecule has 4 nitrogen and oxygen atoms in total. The summed E-state index contributed by atoms with van der Waals surface area (Å²) < 4.78 is 22.5. The van der Waals surface area contributed by atoms with Crippen LogP contribution in [0.3, 0.4) is 0 Å². The van der Waals surface area contributed by atoms with E-state index in [-0.39, 0.29) is 24.4 Å². The van der Waals surface area contributed by atoms with E-state index < -0.39 is 0 Å². The van der Waals surface area contributed by atoms with Crippen molar-refractivity contribution in [2.45, 2.75) is 38.3 Å². The van der Waals surface area contributed by atoms with Crippen LogP contribution in [0.15, 0.2) is 0 Å². The van der Waals surface area contributed by atoms with Crippen molar-refractivity contribution in [2.24, 2.45) is 0 Å². The van der Waals surface area contributed by atoms with Crippen LogP contribution < -0.4 is 0 Å². The van der Waals surface area contributed by atoms with Crippen LogP contribution in [0.5, 0.6) is 0 Å². The zero-order valence-corrected chi connectivity index (χ0v) is 13.0. The van der Waals surface area contributed by atoms with Crippen LogP contribution in [-0.2, 0) is 29.8 Å². The molecule has 0 aromatic heterocycles. The average Bonchev–Trinajstić information content (AvgIpc) is 2.43. The van der Waals surface area contributed by atoms with E-state index in [0.29, 0.717) is 17.5 Å². The number of ether oxygens (including phenoxy) is 4. The highest BCUT2D eigenvalue weighted by Crippen LogP contribution is 2.24. The molecule has 3 unspecified atom stereocenters. The van der Waals surface area contributed by atoms with Crippen molar-refractivity contribution in [1.29, 1.82) is 0 Å². The zero-order chi connectivity index (χ0) is 13.5. The van der Waals surface area contributed by atoms with Crippen molar-refractivity contribution in [3.05, 3.63) is 0 Å². The molecule has 18 heavy (non-hydrogen) atoms. The molecule has 4 atom stereocenters. The van der Waals surface area contributed by atoms with Crippen molar-refractivity contribution < 1.29 is 18.9 Å². The number of hydrogen-bond acceptors (Lipinski definition) is 4. The molecule has 0 spiro atoms. The molecule has 5 heteroatoms. The summed E-state index contributed by atoms with van der Waals surface area (Å²) in [4.78, 5) is 0. The topological polar surface area (TPSA) is 36.9 Å². The second-order valence-electron chi connectivity index (χ2n) is 4.40. The molecule has 1 saturated heterocycles. The van der Waals surface area contributed by atoms with Crippen LogP contribution >= 0.6 is 0 Å². The van der Waals surface area contributed by atoms with Crippen molar-refractivity contribution in [1.82, 2.24) is 0 Å². The minimum Gasteiger partial charge on any atom is -0.376 e. The molecule has 108 valence electrons. The van der Waals surface area contributed by atoms with Gasteiger partial charge in [0.05, 0.1) is 6.61 Å². The van der Waals surface area contributed by atoms with Crippen LogP contribution in [0.1, 0.15) is 13.8 Å². The van der Waals surface area contributed by atoms with E-state index >= 15 is 0 Å². The maximum Gasteiger partial charge on any atom is 0.136 e. The first-order valence-corrected chi connectivity index (χ1v) is 8.29. The highest BCUT2D eigenvalue weighted by molar-refractivity contribution is 7.96. The lowest BCUT2D eigenvalue weighted by molar-refractivity contribution is -0.205. The van der Waals surface area contributed by atoms with Gasteiger partial charge in [-0.05, 0) is 24.7 Å². The average molecular weight is 279 g/mol. The van der Waals surface area contributed by atoms with Gasteiger partial charge in [-0.3, -0.25) is 0 Å². The third kappa shape index (κ3) is 3.84. The van der Waals surface area contributed by atoms with Crippen molar-refractivity contribution in [2.75, 3.05) is 45.2 Å². The van der Waals surface area contributed by atoms with E-state index in [2.05, 4.69) is 13.8 Å². The Labute approximate surface area is 114 Å². The van der Waals surface area contributed by atoms with E-state index in [1.165, 1.54) is 11.5 Å². The maximum absolute atomic E-state index is 5.93. The second kappa shape index (κ2) is 8.38. The lowest BCUT2D eigenvalue weighted by atomic mass is 10.0.